The number of phenolic OH excluding ortho intramolecular Hbond substituents is 1. The first kappa shape index (κ1) is 10.0. The summed E-state index contributed by atoms with van der Waals surface area (Å²) in [6.45, 7) is 0.464. The van der Waals surface area contributed by atoms with Crippen molar-refractivity contribution in [1.29, 1.82) is 0 Å². The lowest BCUT2D eigenvalue weighted by molar-refractivity contribution is 0.476. The molecule has 0 saturated carbocycles. The van der Waals surface area contributed by atoms with E-state index in [1.807, 2.05) is 12.3 Å². The highest BCUT2D eigenvalue weighted by molar-refractivity contribution is 5.84. The molecule has 1 atom stereocenters. The van der Waals surface area contributed by atoms with Crippen LogP contribution in [0.4, 0.5) is 0 Å². The van der Waals surface area contributed by atoms with E-state index >= 15 is 0 Å². The number of phenols is 1. The van der Waals surface area contributed by atoms with Crippen LogP contribution in [0.3, 0.4) is 0 Å². The molecule has 0 aliphatic carbocycles. The van der Waals surface area contributed by atoms with E-state index in [0.29, 0.717) is 6.54 Å². The zero-order chi connectivity index (χ0) is 10.8. The van der Waals surface area contributed by atoms with Crippen LogP contribution in [0.1, 0.15) is 5.56 Å². The lowest BCUT2D eigenvalue weighted by Crippen LogP contribution is -2.31. The van der Waals surface area contributed by atoms with E-state index in [4.69, 9.17) is 11.5 Å². The molecule has 1 heterocycles. The highest BCUT2D eigenvalue weighted by atomic mass is 16.3. The van der Waals surface area contributed by atoms with Crippen molar-refractivity contribution in [2.45, 2.75) is 12.5 Å². The molecule has 0 aliphatic heterocycles. The van der Waals surface area contributed by atoms with Crippen LogP contribution in [0.15, 0.2) is 24.4 Å². The van der Waals surface area contributed by atoms with Gasteiger partial charge in [0.05, 0.1) is 0 Å². The van der Waals surface area contributed by atoms with E-state index in [-0.39, 0.29) is 11.8 Å². The number of aromatic hydroxyl groups is 1. The molecule has 0 amide bonds. The van der Waals surface area contributed by atoms with Gasteiger partial charge in [0.2, 0.25) is 0 Å². The second kappa shape index (κ2) is 3.92. The summed E-state index contributed by atoms with van der Waals surface area (Å²) in [6.07, 6.45) is 2.64. The number of benzene rings is 1. The fraction of sp³-hybridized carbons (Fsp3) is 0.273. The highest BCUT2D eigenvalue weighted by Crippen LogP contribution is 2.23. The quantitative estimate of drug-likeness (QED) is 0.595. The Bertz CT molecular complexity index is 464. The fourth-order valence-electron chi connectivity index (χ4n) is 1.70. The predicted molar refractivity (Wildman–Crippen MR) is 60.7 cm³/mol. The molecule has 4 nitrogen and oxygen atoms in total. The van der Waals surface area contributed by atoms with Crippen molar-refractivity contribution < 1.29 is 5.11 Å². The molecule has 0 saturated heterocycles. The average molecular weight is 205 g/mol. The Hall–Kier alpha value is -1.52. The monoisotopic (exact) mass is 205 g/mol. The Balaban J connectivity index is 2.39. The van der Waals surface area contributed by atoms with Crippen LogP contribution in [-0.2, 0) is 6.42 Å². The largest absolute Gasteiger partial charge is 0.508 e. The minimum atomic E-state index is -0.0358. The second-order valence-corrected chi connectivity index (χ2v) is 3.74. The second-order valence-electron chi connectivity index (χ2n) is 3.74. The van der Waals surface area contributed by atoms with Gasteiger partial charge in [-0.05, 0) is 30.2 Å². The Morgan fingerprint density at radius 1 is 1.40 bits per heavy atom. The summed E-state index contributed by atoms with van der Waals surface area (Å²) in [5.74, 6) is 0.268. The summed E-state index contributed by atoms with van der Waals surface area (Å²) in [7, 11) is 0. The molecule has 2 aromatic rings. The molecular formula is C11H15N3O. The van der Waals surface area contributed by atoms with Crippen molar-refractivity contribution in [2.24, 2.45) is 11.5 Å². The number of aromatic amines is 1. The van der Waals surface area contributed by atoms with Gasteiger partial charge in [-0.2, -0.15) is 0 Å². The predicted octanol–water partition coefficient (Wildman–Crippen LogP) is 0.702. The fourth-order valence-corrected chi connectivity index (χ4v) is 1.70. The van der Waals surface area contributed by atoms with Gasteiger partial charge in [-0.15, -0.1) is 0 Å². The Labute approximate surface area is 87.9 Å². The molecule has 1 aromatic heterocycles. The van der Waals surface area contributed by atoms with Crippen LogP contribution in [0.5, 0.6) is 5.75 Å². The Morgan fingerprint density at radius 2 is 2.20 bits per heavy atom. The van der Waals surface area contributed by atoms with Gasteiger partial charge in [-0.25, -0.2) is 0 Å². The van der Waals surface area contributed by atoms with E-state index in [0.717, 1.165) is 22.9 Å². The van der Waals surface area contributed by atoms with Crippen LogP contribution in [0, 0.1) is 0 Å². The summed E-state index contributed by atoms with van der Waals surface area (Å²) >= 11 is 0. The molecule has 6 N–H and O–H groups in total. The van der Waals surface area contributed by atoms with Crippen LogP contribution in [-0.4, -0.2) is 22.7 Å². The van der Waals surface area contributed by atoms with Crippen molar-refractivity contribution in [3.8, 4) is 5.75 Å². The van der Waals surface area contributed by atoms with Crippen LogP contribution < -0.4 is 11.5 Å². The summed E-state index contributed by atoms with van der Waals surface area (Å²) in [6, 6.07) is 5.21. The maximum Gasteiger partial charge on any atom is 0.116 e. The number of hydrogen-bond donors (Lipinski definition) is 4. The van der Waals surface area contributed by atoms with E-state index in [1.54, 1.807) is 12.1 Å². The molecule has 0 bridgehead atoms. The van der Waals surface area contributed by atoms with Gasteiger partial charge in [0, 0.05) is 29.7 Å². The van der Waals surface area contributed by atoms with E-state index < -0.39 is 0 Å². The molecule has 0 spiro atoms. The van der Waals surface area contributed by atoms with E-state index in [9.17, 15) is 5.11 Å². The topological polar surface area (TPSA) is 88.1 Å². The normalized spacial score (nSPS) is 13.2. The van der Waals surface area contributed by atoms with Gasteiger partial charge in [-0.1, -0.05) is 0 Å². The first-order valence-electron chi connectivity index (χ1n) is 4.95. The number of nitrogens with two attached hydrogens (primary N) is 2. The third kappa shape index (κ3) is 1.95. The SMILES string of the molecule is NCC(N)Cc1c[nH]c2ccc(O)cc12. The number of rotatable bonds is 3. The van der Waals surface area contributed by atoms with Gasteiger partial charge in [0.25, 0.3) is 0 Å². The zero-order valence-corrected chi connectivity index (χ0v) is 8.40. The number of aromatic nitrogens is 1. The molecule has 0 aliphatic rings. The lowest BCUT2D eigenvalue weighted by atomic mass is 10.1. The van der Waals surface area contributed by atoms with Gasteiger partial charge in [0.15, 0.2) is 0 Å². The van der Waals surface area contributed by atoms with Crippen molar-refractivity contribution in [1.82, 2.24) is 4.98 Å². The summed E-state index contributed by atoms with van der Waals surface area (Å²) in [5.41, 5.74) is 13.4. The van der Waals surface area contributed by atoms with E-state index in [2.05, 4.69) is 4.98 Å². The third-order valence-electron chi connectivity index (χ3n) is 2.54. The van der Waals surface area contributed by atoms with E-state index in [1.165, 1.54) is 0 Å². The molecule has 2 rings (SSSR count). The van der Waals surface area contributed by atoms with Gasteiger partial charge < -0.3 is 21.6 Å². The smallest absolute Gasteiger partial charge is 0.116 e. The van der Waals surface area contributed by atoms with Crippen molar-refractivity contribution in [3.05, 3.63) is 30.0 Å². The van der Waals surface area contributed by atoms with Gasteiger partial charge in [0.1, 0.15) is 5.75 Å². The molecule has 1 aromatic carbocycles. The minimum absolute atomic E-state index is 0.0358. The summed E-state index contributed by atoms with van der Waals surface area (Å²) < 4.78 is 0. The van der Waals surface area contributed by atoms with Crippen LogP contribution in [0.2, 0.25) is 0 Å². The Kier molecular flexibility index (Phi) is 2.62. The van der Waals surface area contributed by atoms with Gasteiger partial charge >= 0.3 is 0 Å². The van der Waals surface area contributed by atoms with Crippen molar-refractivity contribution >= 4 is 10.9 Å². The molecule has 4 heteroatoms. The number of hydrogen-bond acceptors (Lipinski definition) is 3. The van der Waals surface area contributed by atoms with Crippen LogP contribution >= 0.6 is 0 Å². The maximum atomic E-state index is 9.39. The first-order valence-corrected chi connectivity index (χ1v) is 4.95. The standard InChI is InChI=1S/C11H15N3O/c12-5-8(13)3-7-6-14-11-2-1-9(15)4-10(7)11/h1-2,4,6,8,14-15H,3,5,12-13H2. The first-order chi connectivity index (χ1) is 7.20. The molecule has 0 fully saturated rings. The lowest BCUT2D eigenvalue weighted by Gasteiger charge is -2.06. The maximum absolute atomic E-state index is 9.39. The molecule has 15 heavy (non-hydrogen) atoms. The Morgan fingerprint density at radius 3 is 2.93 bits per heavy atom. The summed E-state index contributed by atoms with van der Waals surface area (Å²) in [5, 5.41) is 10.4. The summed E-state index contributed by atoms with van der Waals surface area (Å²) in [4.78, 5) is 3.14. The number of nitrogens with one attached hydrogen (secondary N) is 1. The molecule has 0 radical (unpaired) electrons. The van der Waals surface area contributed by atoms with Crippen molar-refractivity contribution in [3.63, 3.8) is 0 Å². The minimum Gasteiger partial charge on any atom is -0.508 e. The molecule has 1 unspecified atom stereocenters. The number of fused-ring (bicyclic) bond motifs is 1. The third-order valence-corrected chi connectivity index (χ3v) is 2.54. The van der Waals surface area contributed by atoms with Crippen LogP contribution in [0.25, 0.3) is 10.9 Å². The van der Waals surface area contributed by atoms with Gasteiger partial charge in [-0.3, -0.25) is 0 Å². The highest BCUT2D eigenvalue weighted by Gasteiger charge is 2.07. The van der Waals surface area contributed by atoms with Crippen molar-refractivity contribution in [2.75, 3.05) is 6.54 Å². The average Bonchev–Trinajstić information content (AvgIpc) is 2.61. The molecular weight excluding hydrogens is 190 g/mol. The zero-order valence-electron chi connectivity index (χ0n) is 8.40. The molecule has 80 valence electrons. The number of H-pyrrole nitrogens is 1.